The lowest BCUT2D eigenvalue weighted by Gasteiger charge is -2.29. The summed E-state index contributed by atoms with van der Waals surface area (Å²) < 4.78 is 9.83. The molecule has 0 aromatic heterocycles. The summed E-state index contributed by atoms with van der Waals surface area (Å²) in [5.41, 5.74) is 1.05. The second kappa shape index (κ2) is 6.51. The zero-order valence-corrected chi connectivity index (χ0v) is 13.7. The number of allylic oxidation sites excluding steroid dienone is 1. The fourth-order valence-electron chi connectivity index (χ4n) is 3.10. The third-order valence-electron chi connectivity index (χ3n) is 4.36. The van der Waals surface area contributed by atoms with Gasteiger partial charge in [-0.2, -0.15) is 0 Å². The molecule has 0 radical (unpaired) electrons. The van der Waals surface area contributed by atoms with E-state index in [1.165, 1.54) is 19.2 Å². The van der Waals surface area contributed by atoms with Crippen molar-refractivity contribution < 1.29 is 28.7 Å². The normalized spacial score (nSPS) is 19.9. The molecule has 1 atom stereocenters. The lowest BCUT2D eigenvalue weighted by molar-refractivity contribution is -0.142. The van der Waals surface area contributed by atoms with Crippen LogP contribution < -0.4 is 4.74 Å². The predicted octanol–water partition coefficient (Wildman–Crippen LogP) is 1.51. The standard InChI is InChI=1S/C18H17NO6/c1-10-6-7-12(13(20)8-10)19-17(22)11-4-3-5-14(16(11)18(19)23)25-9-15(21)24-2/h3-5,12H,1,6-9H2,2H3. The third kappa shape index (κ3) is 2.93. The molecule has 0 saturated heterocycles. The van der Waals surface area contributed by atoms with E-state index in [9.17, 15) is 19.2 Å². The molecule has 1 fully saturated rings. The lowest BCUT2D eigenvalue weighted by atomic mass is 9.89. The van der Waals surface area contributed by atoms with E-state index in [2.05, 4.69) is 11.3 Å². The quantitative estimate of drug-likeness (QED) is 0.468. The molecule has 3 rings (SSSR count). The van der Waals surface area contributed by atoms with Gasteiger partial charge in [0.25, 0.3) is 11.8 Å². The molecule has 130 valence electrons. The van der Waals surface area contributed by atoms with Gasteiger partial charge in [0.1, 0.15) is 5.75 Å². The molecule has 7 heteroatoms. The summed E-state index contributed by atoms with van der Waals surface area (Å²) in [6, 6.07) is 3.78. The summed E-state index contributed by atoms with van der Waals surface area (Å²) in [5.74, 6) is -1.77. The minimum absolute atomic E-state index is 0.0774. The molecule has 2 aliphatic rings. The van der Waals surface area contributed by atoms with Crippen molar-refractivity contribution in [1.29, 1.82) is 0 Å². The average molecular weight is 343 g/mol. The fraction of sp³-hybridized carbons (Fsp3) is 0.333. The van der Waals surface area contributed by atoms with Gasteiger partial charge in [0, 0.05) is 6.42 Å². The molecular weight excluding hydrogens is 326 g/mol. The van der Waals surface area contributed by atoms with Gasteiger partial charge < -0.3 is 9.47 Å². The number of carbonyl (C=O) groups excluding carboxylic acids is 4. The zero-order valence-electron chi connectivity index (χ0n) is 13.7. The highest BCUT2D eigenvalue weighted by atomic mass is 16.6. The van der Waals surface area contributed by atoms with E-state index < -0.39 is 23.8 Å². The van der Waals surface area contributed by atoms with Gasteiger partial charge in [0.05, 0.1) is 24.3 Å². The van der Waals surface area contributed by atoms with Gasteiger partial charge in [-0.1, -0.05) is 18.2 Å². The highest BCUT2D eigenvalue weighted by Crippen LogP contribution is 2.35. The predicted molar refractivity (Wildman–Crippen MR) is 86.2 cm³/mol. The summed E-state index contributed by atoms with van der Waals surface area (Å²) in [4.78, 5) is 50.0. The van der Waals surface area contributed by atoms with Crippen molar-refractivity contribution in [3.8, 4) is 5.75 Å². The largest absolute Gasteiger partial charge is 0.481 e. The van der Waals surface area contributed by atoms with Crippen LogP contribution in [0, 0.1) is 0 Å². The number of hydrogen-bond donors (Lipinski definition) is 0. The van der Waals surface area contributed by atoms with Gasteiger partial charge in [0.2, 0.25) is 0 Å². The molecule has 1 unspecified atom stereocenters. The van der Waals surface area contributed by atoms with Gasteiger partial charge >= 0.3 is 5.97 Å². The SMILES string of the molecule is C=C1CCC(N2C(=O)c3cccc(OCC(=O)OC)c3C2=O)C(=O)C1. The molecule has 1 aromatic carbocycles. The van der Waals surface area contributed by atoms with Crippen LogP contribution in [0.2, 0.25) is 0 Å². The van der Waals surface area contributed by atoms with Crippen LogP contribution in [0.5, 0.6) is 5.75 Å². The average Bonchev–Trinajstić information content (AvgIpc) is 2.85. The van der Waals surface area contributed by atoms with Crippen molar-refractivity contribution >= 4 is 23.6 Å². The first-order valence-corrected chi connectivity index (χ1v) is 7.84. The number of ether oxygens (including phenoxy) is 2. The van der Waals surface area contributed by atoms with Gasteiger partial charge in [0.15, 0.2) is 12.4 Å². The van der Waals surface area contributed by atoms with E-state index in [1.807, 2.05) is 0 Å². The Bertz CT molecular complexity index is 797. The highest BCUT2D eigenvalue weighted by Gasteiger charge is 2.45. The van der Waals surface area contributed by atoms with Crippen molar-refractivity contribution in [2.45, 2.75) is 25.3 Å². The lowest BCUT2D eigenvalue weighted by Crippen LogP contribution is -2.46. The third-order valence-corrected chi connectivity index (χ3v) is 4.36. The summed E-state index contributed by atoms with van der Waals surface area (Å²) in [5, 5.41) is 0. The first-order valence-electron chi connectivity index (χ1n) is 7.84. The first kappa shape index (κ1) is 16.9. The van der Waals surface area contributed by atoms with E-state index in [-0.39, 0.29) is 35.7 Å². The van der Waals surface area contributed by atoms with Crippen LogP contribution in [0.1, 0.15) is 40.0 Å². The molecule has 1 aliphatic carbocycles. The maximum absolute atomic E-state index is 12.8. The molecule has 1 heterocycles. The number of ketones is 1. The topological polar surface area (TPSA) is 90.0 Å². The maximum atomic E-state index is 12.8. The van der Waals surface area contributed by atoms with Crippen LogP contribution >= 0.6 is 0 Å². The minimum Gasteiger partial charge on any atom is -0.481 e. The number of nitrogens with zero attached hydrogens (tertiary/aromatic N) is 1. The molecule has 0 bridgehead atoms. The van der Waals surface area contributed by atoms with Crippen LogP contribution in [-0.2, 0) is 14.3 Å². The fourth-order valence-corrected chi connectivity index (χ4v) is 3.10. The number of Topliss-reactive ketones (excluding diaryl/α,β-unsaturated/α-hetero) is 1. The van der Waals surface area contributed by atoms with Gasteiger partial charge in [-0.15, -0.1) is 0 Å². The number of fused-ring (bicyclic) bond motifs is 1. The van der Waals surface area contributed by atoms with Crippen molar-refractivity contribution in [3.05, 3.63) is 41.5 Å². The van der Waals surface area contributed by atoms with Gasteiger partial charge in [-0.25, -0.2) is 4.79 Å². The number of hydrogen-bond acceptors (Lipinski definition) is 6. The van der Waals surface area contributed by atoms with E-state index in [0.29, 0.717) is 12.8 Å². The molecule has 25 heavy (non-hydrogen) atoms. The van der Waals surface area contributed by atoms with Crippen molar-refractivity contribution in [2.24, 2.45) is 0 Å². The Morgan fingerprint density at radius 3 is 2.72 bits per heavy atom. The van der Waals surface area contributed by atoms with Crippen LogP contribution in [0.3, 0.4) is 0 Å². The Hall–Kier alpha value is -2.96. The van der Waals surface area contributed by atoms with Crippen LogP contribution in [-0.4, -0.2) is 48.2 Å². The smallest absolute Gasteiger partial charge is 0.343 e. The van der Waals surface area contributed by atoms with Crippen LogP contribution in [0.25, 0.3) is 0 Å². The number of rotatable bonds is 4. The Balaban J connectivity index is 1.90. The van der Waals surface area contributed by atoms with Crippen molar-refractivity contribution in [2.75, 3.05) is 13.7 Å². The zero-order chi connectivity index (χ0) is 18.1. The summed E-state index contributed by atoms with van der Waals surface area (Å²) in [6.07, 6.45) is 1.14. The van der Waals surface area contributed by atoms with E-state index in [1.54, 1.807) is 6.07 Å². The number of carbonyl (C=O) groups is 4. The Kier molecular flexibility index (Phi) is 4.39. The number of methoxy groups -OCH3 is 1. The maximum Gasteiger partial charge on any atom is 0.343 e. The second-order valence-electron chi connectivity index (χ2n) is 5.97. The number of benzene rings is 1. The first-order chi connectivity index (χ1) is 11.9. The molecule has 7 nitrogen and oxygen atoms in total. The second-order valence-corrected chi connectivity index (χ2v) is 5.97. The van der Waals surface area contributed by atoms with E-state index in [4.69, 9.17) is 4.74 Å². The van der Waals surface area contributed by atoms with Gasteiger partial charge in [-0.3, -0.25) is 19.3 Å². The molecule has 0 spiro atoms. The highest BCUT2D eigenvalue weighted by molar-refractivity contribution is 6.24. The van der Waals surface area contributed by atoms with Gasteiger partial charge in [-0.05, 0) is 25.0 Å². The van der Waals surface area contributed by atoms with E-state index >= 15 is 0 Å². The van der Waals surface area contributed by atoms with Crippen molar-refractivity contribution in [1.82, 2.24) is 4.90 Å². The summed E-state index contributed by atoms with van der Waals surface area (Å²) in [6.45, 7) is 3.41. The molecule has 1 aliphatic heterocycles. The number of esters is 1. The number of imide groups is 1. The Morgan fingerprint density at radius 2 is 2.04 bits per heavy atom. The Labute approximate surface area is 144 Å². The van der Waals surface area contributed by atoms with Crippen molar-refractivity contribution in [3.63, 3.8) is 0 Å². The molecule has 1 saturated carbocycles. The minimum atomic E-state index is -0.786. The van der Waals surface area contributed by atoms with E-state index in [0.717, 1.165) is 10.5 Å². The van der Waals surface area contributed by atoms with Crippen LogP contribution in [0.15, 0.2) is 30.4 Å². The monoisotopic (exact) mass is 343 g/mol. The van der Waals surface area contributed by atoms with Crippen LogP contribution in [0.4, 0.5) is 0 Å². The summed E-state index contributed by atoms with van der Waals surface area (Å²) >= 11 is 0. The molecule has 1 aromatic rings. The Morgan fingerprint density at radius 1 is 1.28 bits per heavy atom. The molecular formula is C18H17NO6. The molecule has 0 N–H and O–H groups in total. The summed E-state index contributed by atoms with van der Waals surface area (Å²) in [7, 11) is 1.22. The number of amides is 2. The molecule has 2 amide bonds.